The van der Waals surface area contributed by atoms with Gasteiger partial charge in [-0.2, -0.15) is 0 Å². The van der Waals surface area contributed by atoms with Gasteiger partial charge in [0.1, 0.15) is 28.5 Å². The van der Waals surface area contributed by atoms with Crippen molar-refractivity contribution in [3.05, 3.63) is 285 Å². The SMILES string of the molecule is CC(C)(C)OC(C(=O)O)c1sc2ccccc2c1-c1ccccc1.CC(C)(C)OC(C(=O)O)c1sc2ncccc2c1-c1ccc2c(c1)CCCO2.CC(C)(C)OC(C(=O)[O-])c1cc2ccccc2n1-c1ccccc1.Cc1cccc2sc(C(OC(C)(C)C)C(=O)O)c(-c3ccc4c(c3)CCCO4)c12.Cn1c(C(OC(C)(C)C)C(=O)[O-])c(-c2ccccc2)c2ccccc21.[K+].[Na+]. The zero-order valence-electron chi connectivity index (χ0n) is 78.3. The first-order valence-corrected chi connectivity index (χ1v) is 45.8. The van der Waals surface area contributed by atoms with Crippen LogP contribution in [0.5, 0.6) is 11.5 Å². The first-order valence-electron chi connectivity index (χ1n) is 43.4. The van der Waals surface area contributed by atoms with E-state index in [0.29, 0.717) is 16.3 Å². The topological polar surface area (TPSA) is 280 Å². The monoisotopic (exact) mass is 1870 g/mol. The molecule has 0 fully saturated rings. The summed E-state index contributed by atoms with van der Waals surface area (Å²) in [5.74, 6) is -3.57. The number of benzene rings is 9. The standard InChI is InChI=1S/C24H26O4S.C22H23NO4S.C21H23NO3.C20H21NO3.C20H20O3S.K.Na/c1-14-7-5-9-18-19(14)20(16-10-11-17-15(13-16)8-6-12-27-17)22(29-18)21(23(25)26)28-24(2,3)4;1-22(2,3)27-18(21(24)25)19-17(15-7-4-10-23-20(15)28-19)14-8-9-16-13(12-14)6-5-11-26-16;1-21(2,3)25-19(20(23)24)18-17(14-10-6-5-7-11-14)15-12-8-9-13-16(15)22(18)4;1-20(2,3)24-18(19(22)23)17-13-14-9-7-8-12-16(14)21(17)15-10-5-4-6-11-15;1-20(2,3)23-17(19(21)22)18-16(13-9-5-4-6-10-13)14-11-7-8-12-15(14)24-18;;/h5,7,9-11,13,21H,6,8,12H2,1-4H3,(H,25,26);4,7-10,12,18H,5-6,11H2,1-3H3,(H,24,25);5-13,19H,1-4H3,(H,23,24);4-13,18H,1-3H3,(H,22,23);4-12,17H,1-3H3,(H,21,22);;/q;;;;;2*+1/p-2. The van der Waals surface area contributed by atoms with Crippen LogP contribution >= 0.6 is 34.0 Å². The van der Waals surface area contributed by atoms with Crippen LogP contribution in [-0.2, 0) is 67.5 Å². The summed E-state index contributed by atoms with van der Waals surface area (Å²) in [6.45, 7) is 31.5. The summed E-state index contributed by atoms with van der Waals surface area (Å²) in [5, 5.41) is 58.5. The van der Waals surface area contributed by atoms with Crippen LogP contribution in [0, 0.1) is 6.92 Å². The third-order valence-electron chi connectivity index (χ3n) is 21.2. The fourth-order valence-electron chi connectivity index (χ4n) is 16.1. The fourth-order valence-corrected chi connectivity index (χ4v) is 19.9. The van der Waals surface area contributed by atoms with Crippen molar-refractivity contribution in [2.24, 2.45) is 7.05 Å². The van der Waals surface area contributed by atoms with Gasteiger partial charge in [-0.15, -0.1) is 34.0 Å². The van der Waals surface area contributed by atoms with E-state index in [1.165, 1.54) is 39.6 Å². The molecule has 5 unspecified atom stereocenters. The van der Waals surface area contributed by atoms with Gasteiger partial charge in [0.15, 0.2) is 18.3 Å². The third kappa shape index (κ3) is 25.2. The first kappa shape index (κ1) is 103. The molecule has 0 saturated carbocycles. The summed E-state index contributed by atoms with van der Waals surface area (Å²) < 4.78 is 47.0. The number of aryl methyl sites for hydroxylation is 4. The van der Waals surface area contributed by atoms with Gasteiger partial charge in [-0.05, 0) is 254 Å². The molecule has 17 rings (SSSR count). The van der Waals surface area contributed by atoms with Crippen molar-refractivity contribution in [2.45, 2.75) is 195 Å². The minimum atomic E-state index is -1.25. The Labute approximate surface area is 847 Å². The maximum Gasteiger partial charge on any atom is 1.00 e. The Balaban J connectivity index is 0.000000159. The Bertz CT molecular complexity index is 6440. The number of rotatable bonds is 20. The van der Waals surface area contributed by atoms with Crippen molar-refractivity contribution in [3.63, 3.8) is 0 Å². The number of aliphatic carboxylic acids is 5. The predicted octanol–water partition coefficient (Wildman–Crippen LogP) is 17.6. The summed E-state index contributed by atoms with van der Waals surface area (Å²) in [6.07, 6.45) is 0.268. The molecular weight excluding hydrogens is 1760 g/mol. The molecule has 9 aromatic carbocycles. The van der Waals surface area contributed by atoms with E-state index >= 15 is 0 Å². The number of thiophene rings is 3. The Kier molecular flexibility index (Phi) is 34.2. The Morgan fingerprint density at radius 2 is 0.826 bits per heavy atom. The maximum absolute atomic E-state index is 12.2. The Morgan fingerprint density at radius 1 is 0.417 bits per heavy atom. The number of aromatic nitrogens is 3. The molecule has 2 aliphatic rings. The normalized spacial score (nSPS) is 13.8. The van der Waals surface area contributed by atoms with Crippen LogP contribution in [0.4, 0.5) is 0 Å². The molecule has 0 bridgehead atoms. The summed E-state index contributed by atoms with van der Waals surface area (Å²) in [4.78, 5) is 67.4. The van der Waals surface area contributed by atoms with Gasteiger partial charge in [0.25, 0.3) is 0 Å². The van der Waals surface area contributed by atoms with Crippen LogP contribution in [0.15, 0.2) is 243 Å². The van der Waals surface area contributed by atoms with Gasteiger partial charge in [0, 0.05) is 83.0 Å². The number of carboxylic acid groups (broad SMARTS) is 5. The molecule has 25 heteroatoms. The molecule has 0 radical (unpaired) electrons. The minimum Gasteiger partial charge on any atom is -0.547 e. The van der Waals surface area contributed by atoms with E-state index in [2.05, 4.69) is 36.2 Å². The second kappa shape index (κ2) is 43.9. The van der Waals surface area contributed by atoms with Gasteiger partial charge in [-0.25, -0.2) is 19.4 Å². The second-order valence-electron chi connectivity index (χ2n) is 36.9. The molecule has 0 amide bonds. The number of carbonyl (C=O) groups excluding carboxylic acids is 2. The number of hydrogen-bond acceptors (Lipinski definition) is 18. The molecular formula is C107H111KN3NaO17S3. The zero-order valence-corrected chi connectivity index (χ0v) is 85.9. The van der Waals surface area contributed by atoms with E-state index in [4.69, 9.17) is 33.2 Å². The molecule has 676 valence electrons. The first-order chi connectivity index (χ1) is 61.6. The molecule has 6 aromatic heterocycles. The molecule has 8 heterocycles. The van der Waals surface area contributed by atoms with Gasteiger partial charge in [-0.3, -0.25) is 0 Å². The van der Waals surface area contributed by atoms with Gasteiger partial charge in [-0.1, -0.05) is 158 Å². The summed E-state index contributed by atoms with van der Waals surface area (Å²) >= 11 is 4.39. The number of para-hydroxylation sites is 3. The third-order valence-corrected chi connectivity index (χ3v) is 24.8. The summed E-state index contributed by atoms with van der Waals surface area (Å²) in [7, 11) is 1.87. The van der Waals surface area contributed by atoms with Gasteiger partial charge < -0.3 is 77.4 Å². The summed E-state index contributed by atoms with van der Waals surface area (Å²) in [6, 6.07) is 77.2. The van der Waals surface area contributed by atoms with E-state index in [1.807, 2.05) is 332 Å². The second-order valence-corrected chi connectivity index (χ2v) is 40.1. The predicted molar refractivity (Wildman–Crippen MR) is 514 cm³/mol. The minimum absolute atomic E-state index is 0. The van der Waals surface area contributed by atoms with Crippen molar-refractivity contribution in [2.75, 3.05) is 13.2 Å². The number of carbonyl (C=O) groups is 5. The van der Waals surface area contributed by atoms with Crippen molar-refractivity contribution in [1.29, 1.82) is 0 Å². The average molecular weight is 1870 g/mol. The average Bonchev–Trinajstić information content (AvgIpc) is 1.63. The molecule has 20 nitrogen and oxygen atoms in total. The van der Waals surface area contributed by atoms with Gasteiger partial charge >= 0.3 is 98.8 Å². The number of hydrogen-bond donors (Lipinski definition) is 3. The molecule has 0 saturated heterocycles. The smallest absolute Gasteiger partial charge is 0.547 e. The van der Waals surface area contributed by atoms with Crippen LogP contribution in [0.2, 0.25) is 0 Å². The van der Waals surface area contributed by atoms with Crippen molar-refractivity contribution in [1.82, 2.24) is 14.1 Å². The molecule has 0 aliphatic carbocycles. The Morgan fingerprint density at radius 3 is 1.34 bits per heavy atom. The number of ether oxygens (including phenoxy) is 7. The fraction of sp³-hybridized carbons (Fsp3) is 0.308. The molecule has 132 heavy (non-hydrogen) atoms. The van der Waals surface area contributed by atoms with Crippen LogP contribution in [0.1, 0.15) is 190 Å². The molecule has 3 N–H and O–H groups in total. The van der Waals surface area contributed by atoms with Crippen LogP contribution in [0.3, 0.4) is 0 Å². The van der Waals surface area contributed by atoms with Gasteiger partial charge in [0.05, 0.1) is 84.7 Å². The van der Waals surface area contributed by atoms with E-state index < -0.39 is 88.4 Å². The van der Waals surface area contributed by atoms with Crippen molar-refractivity contribution < 1.29 is 164 Å². The molecule has 2 aliphatic heterocycles. The molecule has 15 aromatic rings. The maximum atomic E-state index is 12.2. The van der Waals surface area contributed by atoms with Gasteiger partial charge in [0.2, 0.25) is 0 Å². The molecule has 5 atom stereocenters. The Hall–Kier alpha value is -9.52. The van der Waals surface area contributed by atoms with Crippen LogP contribution in [-0.4, -0.2) is 101 Å². The number of pyridine rings is 1. The van der Waals surface area contributed by atoms with Crippen LogP contribution < -0.4 is 101 Å². The quantitative estimate of drug-likeness (QED) is 0.0598. The molecule has 0 spiro atoms. The van der Waals surface area contributed by atoms with E-state index in [0.717, 1.165) is 174 Å². The van der Waals surface area contributed by atoms with E-state index in [-0.39, 0.29) is 80.9 Å². The number of carboxylic acids is 5. The van der Waals surface area contributed by atoms with Crippen molar-refractivity contribution >= 4 is 116 Å². The number of fused-ring (bicyclic) bond motifs is 7. The van der Waals surface area contributed by atoms with E-state index in [9.17, 15) is 49.5 Å². The van der Waals surface area contributed by atoms with E-state index in [1.54, 1.807) is 6.20 Å². The summed E-state index contributed by atoms with van der Waals surface area (Å²) in [5.41, 5.74) is 12.1. The zero-order chi connectivity index (χ0) is 93.5. The van der Waals surface area contributed by atoms with Crippen molar-refractivity contribution in [3.8, 4) is 61.7 Å². The number of nitrogens with zero attached hydrogens (tertiary/aromatic N) is 3. The van der Waals surface area contributed by atoms with Crippen LogP contribution in [0.25, 0.3) is 102 Å². The largest absolute Gasteiger partial charge is 1.00 e.